The summed E-state index contributed by atoms with van der Waals surface area (Å²) in [6.45, 7) is 3.19. The normalized spacial score (nSPS) is 15.7. The lowest BCUT2D eigenvalue weighted by Crippen LogP contribution is -2.30. The fourth-order valence-electron chi connectivity index (χ4n) is 3.28. The largest absolute Gasteiger partial charge is 0.394 e. The van der Waals surface area contributed by atoms with E-state index in [1.54, 1.807) is 23.3 Å². The monoisotopic (exact) mass is 428 g/mol. The third-order valence-corrected chi connectivity index (χ3v) is 5.69. The smallest absolute Gasteiger partial charge is 0.272 e. The molecule has 9 nitrogen and oxygen atoms in total. The van der Waals surface area contributed by atoms with Crippen molar-refractivity contribution < 1.29 is 14.6 Å². The quantitative estimate of drug-likeness (QED) is 0.528. The second-order valence-electron chi connectivity index (χ2n) is 7.16. The molecule has 1 amide bonds. The number of carbonyl (C=O) groups excluding carboxylic acids is 1. The van der Waals surface area contributed by atoms with Crippen LogP contribution in [0.25, 0.3) is 5.82 Å². The van der Waals surface area contributed by atoms with Crippen molar-refractivity contribution in [2.24, 2.45) is 0 Å². The number of rotatable bonds is 7. The van der Waals surface area contributed by atoms with Crippen LogP contribution < -0.4 is 10.6 Å². The highest BCUT2D eigenvalue weighted by molar-refractivity contribution is 7.08. The SMILES string of the molecule is Cc1cnc(NC2CCOCC2)nc1-n1cnc(C(=O)NC(CO)c2ccsc2)c1. The van der Waals surface area contributed by atoms with Gasteiger partial charge < -0.3 is 20.5 Å². The van der Waals surface area contributed by atoms with Crippen LogP contribution in [0.3, 0.4) is 0 Å². The molecule has 0 radical (unpaired) electrons. The van der Waals surface area contributed by atoms with Gasteiger partial charge in [-0.15, -0.1) is 0 Å². The zero-order valence-electron chi connectivity index (χ0n) is 16.6. The van der Waals surface area contributed by atoms with Gasteiger partial charge in [0.15, 0.2) is 0 Å². The van der Waals surface area contributed by atoms with Gasteiger partial charge in [0, 0.05) is 37.2 Å². The molecule has 0 saturated carbocycles. The Morgan fingerprint density at radius 3 is 2.97 bits per heavy atom. The summed E-state index contributed by atoms with van der Waals surface area (Å²) in [4.78, 5) is 25.8. The Morgan fingerprint density at radius 2 is 2.23 bits per heavy atom. The van der Waals surface area contributed by atoms with E-state index in [1.165, 1.54) is 11.3 Å². The topological polar surface area (TPSA) is 114 Å². The summed E-state index contributed by atoms with van der Waals surface area (Å²) in [6, 6.07) is 1.69. The number of aliphatic hydroxyl groups excluding tert-OH is 1. The Labute approximate surface area is 178 Å². The molecular formula is C20H24N6O3S. The van der Waals surface area contributed by atoms with Crippen LogP contribution in [-0.4, -0.2) is 56.4 Å². The van der Waals surface area contributed by atoms with Gasteiger partial charge >= 0.3 is 0 Å². The summed E-state index contributed by atoms with van der Waals surface area (Å²) in [5.41, 5.74) is 1.98. The summed E-state index contributed by atoms with van der Waals surface area (Å²) in [7, 11) is 0. The maximum Gasteiger partial charge on any atom is 0.272 e. The second-order valence-corrected chi connectivity index (χ2v) is 7.94. The van der Waals surface area contributed by atoms with Crippen LogP contribution >= 0.6 is 11.3 Å². The number of aromatic nitrogens is 4. The fraction of sp³-hybridized carbons (Fsp3) is 0.400. The molecule has 1 unspecified atom stereocenters. The highest BCUT2D eigenvalue weighted by Gasteiger charge is 2.19. The van der Waals surface area contributed by atoms with Crippen LogP contribution in [-0.2, 0) is 4.74 Å². The molecule has 4 rings (SSSR count). The van der Waals surface area contributed by atoms with E-state index in [1.807, 2.05) is 23.8 Å². The number of hydrogen-bond donors (Lipinski definition) is 3. The molecule has 1 atom stereocenters. The Balaban J connectivity index is 1.48. The molecule has 158 valence electrons. The van der Waals surface area contributed by atoms with E-state index in [0.29, 0.717) is 11.8 Å². The number of nitrogens with one attached hydrogen (secondary N) is 2. The van der Waals surface area contributed by atoms with E-state index in [2.05, 4.69) is 25.6 Å². The van der Waals surface area contributed by atoms with Crippen molar-refractivity contribution in [1.82, 2.24) is 24.8 Å². The lowest BCUT2D eigenvalue weighted by atomic mass is 10.1. The summed E-state index contributed by atoms with van der Waals surface area (Å²) in [5.74, 6) is 0.842. The number of thiophene rings is 1. The number of carbonyl (C=O) groups is 1. The standard InChI is InChI=1S/C20H24N6O3S/c1-13-8-21-20(23-15-2-5-29-6-3-15)25-18(13)26-9-16(22-12-26)19(28)24-17(10-27)14-4-7-30-11-14/h4,7-9,11-12,15,17,27H,2-3,5-6,10H2,1H3,(H,24,28)(H,21,23,25). The van der Waals surface area contributed by atoms with Gasteiger partial charge in [-0.25, -0.2) is 9.97 Å². The van der Waals surface area contributed by atoms with E-state index >= 15 is 0 Å². The lowest BCUT2D eigenvalue weighted by Gasteiger charge is -2.23. The van der Waals surface area contributed by atoms with E-state index in [0.717, 1.165) is 37.2 Å². The number of ether oxygens (including phenoxy) is 1. The van der Waals surface area contributed by atoms with Crippen LogP contribution in [0.4, 0.5) is 5.95 Å². The molecule has 1 aliphatic heterocycles. The van der Waals surface area contributed by atoms with Gasteiger partial charge in [0.25, 0.3) is 5.91 Å². The minimum absolute atomic E-state index is 0.185. The van der Waals surface area contributed by atoms with Gasteiger partial charge in [-0.3, -0.25) is 9.36 Å². The van der Waals surface area contributed by atoms with Crippen molar-refractivity contribution in [2.45, 2.75) is 31.8 Å². The average Bonchev–Trinajstić information content (AvgIpc) is 3.46. The predicted octanol–water partition coefficient (Wildman–Crippen LogP) is 2.09. The maximum atomic E-state index is 12.6. The number of anilines is 1. The van der Waals surface area contributed by atoms with Crippen LogP contribution in [0.15, 0.2) is 35.5 Å². The zero-order valence-corrected chi connectivity index (χ0v) is 17.4. The number of imidazole rings is 1. The second kappa shape index (κ2) is 9.33. The summed E-state index contributed by atoms with van der Waals surface area (Å²) < 4.78 is 7.10. The van der Waals surface area contributed by atoms with E-state index < -0.39 is 6.04 Å². The van der Waals surface area contributed by atoms with Crippen molar-refractivity contribution in [3.8, 4) is 5.82 Å². The molecule has 30 heavy (non-hydrogen) atoms. The first-order valence-electron chi connectivity index (χ1n) is 9.80. The first-order valence-corrected chi connectivity index (χ1v) is 10.7. The minimum Gasteiger partial charge on any atom is -0.394 e. The number of hydrogen-bond acceptors (Lipinski definition) is 8. The Bertz CT molecular complexity index is 984. The molecule has 3 aromatic heterocycles. The van der Waals surface area contributed by atoms with Gasteiger partial charge in [-0.2, -0.15) is 16.3 Å². The molecule has 1 fully saturated rings. The molecule has 0 aliphatic carbocycles. The average molecular weight is 429 g/mol. The molecule has 1 aliphatic rings. The van der Waals surface area contributed by atoms with Crippen molar-refractivity contribution >= 4 is 23.2 Å². The third kappa shape index (κ3) is 4.66. The van der Waals surface area contributed by atoms with Crippen molar-refractivity contribution in [3.05, 3.63) is 52.4 Å². The fourth-order valence-corrected chi connectivity index (χ4v) is 4.00. The highest BCUT2D eigenvalue weighted by Crippen LogP contribution is 2.18. The zero-order chi connectivity index (χ0) is 20.9. The first-order chi connectivity index (χ1) is 14.6. The van der Waals surface area contributed by atoms with Crippen molar-refractivity contribution in [3.63, 3.8) is 0 Å². The van der Waals surface area contributed by atoms with Gasteiger partial charge in [-0.1, -0.05) is 0 Å². The van der Waals surface area contributed by atoms with Crippen LogP contribution in [0, 0.1) is 6.92 Å². The Morgan fingerprint density at radius 1 is 1.40 bits per heavy atom. The first kappa shape index (κ1) is 20.5. The number of amides is 1. The third-order valence-electron chi connectivity index (χ3n) is 4.99. The van der Waals surface area contributed by atoms with E-state index in [-0.39, 0.29) is 24.2 Å². The van der Waals surface area contributed by atoms with Gasteiger partial charge in [0.1, 0.15) is 17.8 Å². The lowest BCUT2D eigenvalue weighted by molar-refractivity contribution is 0.0902. The van der Waals surface area contributed by atoms with Crippen LogP contribution in [0.2, 0.25) is 0 Å². The Hall–Kier alpha value is -2.82. The number of aliphatic hydroxyl groups is 1. The highest BCUT2D eigenvalue weighted by atomic mass is 32.1. The molecular weight excluding hydrogens is 404 g/mol. The van der Waals surface area contributed by atoms with Crippen molar-refractivity contribution in [1.29, 1.82) is 0 Å². The van der Waals surface area contributed by atoms with Crippen LogP contribution in [0.5, 0.6) is 0 Å². The number of aryl methyl sites for hydroxylation is 1. The Kier molecular flexibility index (Phi) is 6.36. The molecule has 4 heterocycles. The molecule has 3 N–H and O–H groups in total. The predicted molar refractivity (Wildman–Crippen MR) is 113 cm³/mol. The molecule has 0 bridgehead atoms. The molecule has 1 saturated heterocycles. The van der Waals surface area contributed by atoms with E-state index in [9.17, 15) is 9.90 Å². The van der Waals surface area contributed by atoms with Gasteiger partial charge in [-0.05, 0) is 42.2 Å². The van der Waals surface area contributed by atoms with Gasteiger partial charge in [0.05, 0.1) is 12.6 Å². The molecule has 0 aromatic carbocycles. The molecule has 3 aromatic rings. The van der Waals surface area contributed by atoms with Crippen molar-refractivity contribution in [2.75, 3.05) is 25.1 Å². The van der Waals surface area contributed by atoms with Crippen LogP contribution in [0.1, 0.15) is 40.5 Å². The minimum atomic E-state index is -0.468. The summed E-state index contributed by atoms with van der Waals surface area (Å²) in [5, 5.41) is 19.6. The molecule has 10 heteroatoms. The van der Waals surface area contributed by atoms with Gasteiger partial charge in [0.2, 0.25) is 5.95 Å². The summed E-state index contributed by atoms with van der Waals surface area (Å²) >= 11 is 1.51. The van der Waals surface area contributed by atoms with E-state index in [4.69, 9.17) is 4.74 Å². The maximum absolute atomic E-state index is 12.6. The molecule has 0 spiro atoms. The number of nitrogens with zero attached hydrogens (tertiary/aromatic N) is 4. The summed E-state index contributed by atoms with van der Waals surface area (Å²) in [6.07, 6.45) is 6.77.